The molecule has 0 saturated carbocycles. The number of hydrogen-bond donors (Lipinski definition) is 1. The number of likely N-dealkylation sites (N-methyl/N-ethyl adjacent to an activating group) is 1. The Morgan fingerprint density at radius 3 is 2.45 bits per heavy atom. The summed E-state index contributed by atoms with van der Waals surface area (Å²) in [6, 6.07) is 7.96. The van der Waals surface area contributed by atoms with Gasteiger partial charge in [-0.05, 0) is 31.3 Å². The molecule has 0 atom stereocenters. The maximum Gasteiger partial charge on any atom is 0.250 e. The molecule has 1 saturated heterocycles. The van der Waals surface area contributed by atoms with Crippen LogP contribution in [-0.4, -0.2) is 71.0 Å². The number of nitrogens with one attached hydrogen (secondary N) is 1. The molecule has 6 heteroatoms. The second-order valence-electron chi connectivity index (χ2n) is 5.43. The fourth-order valence-corrected chi connectivity index (χ4v) is 2.32. The van der Waals surface area contributed by atoms with Crippen LogP contribution in [0.5, 0.6) is 0 Å². The number of methoxy groups -OCH3 is 1. The average Bonchev–Trinajstić information content (AvgIpc) is 2.53. The lowest BCUT2D eigenvalue weighted by Crippen LogP contribution is -2.44. The number of rotatable bonds is 7. The summed E-state index contributed by atoms with van der Waals surface area (Å²) in [7, 11) is 3.75. The van der Waals surface area contributed by atoms with Gasteiger partial charge >= 0.3 is 0 Å². The number of ether oxygens (including phenoxy) is 2. The molecule has 1 amide bonds. The number of carbonyl (C=O) groups excluding carboxylic acids is 1. The van der Waals surface area contributed by atoms with Crippen LogP contribution in [0.4, 0.5) is 11.4 Å². The van der Waals surface area contributed by atoms with E-state index in [0.29, 0.717) is 13.2 Å². The lowest BCUT2D eigenvalue weighted by molar-refractivity contribution is -0.121. The van der Waals surface area contributed by atoms with Crippen LogP contribution in [0, 0.1) is 0 Å². The molecule has 1 N–H and O–H groups in total. The van der Waals surface area contributed by atoms with Gasteiger partial charge < -0.3 is 24.6 Å². The molecule has 0 aromatic heterocycles. The minimum Gasteiger partial charge on any atom is -0.382 e. The van der Waals surface area contributed by atoms with Crippen LogP contribution in [0.15, 0.2) is 24.3 Å². The van der Waals surface area contributed by atoms with Crippen LogP contribution < -0.4 is 10.2 Å². The van der Waals surface area contributed by atoms with Crippen LogP contribution in [0.25, 0.3) is 0 Å². The Morgan fingerprint density at radius 2 is 1.82 bits per heavy atom. The van der Waals surface area contributed by atoms with Gasteiger partial charge in [0.1, 0.15) is 6.61 Å². The quantitative estimate of drug-likeness (QED) is 0.763. The SMILES string of the molecule is COCCOCC(=O)Nc1ccc(N2CCN(C)CC2)cc1. The Labute approximate surface area is 132 Å². The van der Waals surface area contributed by atoms with Gasteiger partial charge in [-0.2, -0.15) is 0 Å². The minimum atomic E-state index is -0.150. The maximum absolute atomic E-state index is 11.7. The van der Waals surface area contributed by atoms with Gasteiger partial charge in [0, 0.05) is 44.7 Å². The van der Waals surface area contributed by atoms with Gasteiger partial charge in [0.25, 0.3) is 0 Å². The lowest BCUT2D eigenvalue weighted by Gasteiger charge is -2.34. The maximum atomic E-state index is 11.7. The zero-order chi connectivity index (χ0) is 15.8. The van der Waals surface area contributed by atoms with Crippen molar-refractivity contribution in [2.45, 2.75) is 0 Å². The summed E-state index contributed by atoms with van der Waals surface area (Å²) in [6.45, 7) is 5.20. The van der Waals surface area contributed by atoms with E-state index < -0.39 is 0 Å². The first-order valence-corrected chi connectivity index (χ1v) is 7.59. The normalized spacial score (nSPS) is 15.8. The van der Waals surface area contributed by atoms with Crippen molar-refractivity contribution in [1.82, 2.24) is 4.90 Å². The van der Waals surface area contributed by atoms with E-state index in [0.717, 1.165) is 31.9 Å². The Hall–Kier alpha value is -1.63. The molecule has 22 heavy (non-hydrogen) atoms. The third kappa shape index (κ3) is 5.29. The number of benzene rings is 1. The van der Waals surface area contributed by atoms with E-state index >= 15 is 0 Å². The molecule has 1 aromatic carbocycles. The molecule has 0 aliphatic carbocycles. The summed E-state index contributed by atoms with van der Waals surface area (Å²) in [5.41, 5.74) is 1.99. The highest BCUT2D eigenvalue weighted by molar-refractivity contribution is 5.91. The van der Waals surface area contributed by atoms with Crippen molar-refractivity contribution < 1.29 is 14.3 Å². The van der Waals surface area contributed by atoms with Crippen molar-refractivity contribution in [3.8, 4) is 0 Å². The van der Waals surface area contributed by atoms with E-state index in [-0.39, 0.29) is 12.5 Å². The van der Waals surface area contributed by atoms with Crippen LogP contribution in [0.2, 0.25) is 0 Å². The van der Waals surface area contributed by atoms with E-state index in [1.54, 1.807) is 7.11 Å². The molecule has 0 bridgehead atoms. The summed E-state index contributed by atoms with van der Waals surface area (Å²) in [5.74, 6) is -0.150. The first-order valence-electron chi connectivity index (χ1n) is 7.59. The Balaban J connectivity index is 1.78. The van der Waals surface area contributed by atoms with E-state index in [9.17, 15) is 4.79 Å². The molecular formula is C16H25N3O3. The van der Waals surface area contributed by atoms with Crippen molar-refractivity contribution >= 4 is 17.3 Å². The van der Waals surface area contributed by atoms with Crippen molar-refractivity contribution in [3.05, 3.63) is 24.3 Å². The van der Waals surface area contributed by atoms with Crippen molar-refractivity contribution in [2.24, 2.45) is 0 Å². The first kappa shape index (κ1) is 16.7. The molecule has 1 fully saturated rings. The second kappa shape index (κ2) is 8.73. The number of anilines is 2. The number of nitrogens with zero attached hydrogens (tertiary/aromatic N) is 2. The third-order valence-corrected chi connectivity index (χ3v) is 3.68. The van der Waals surface area contributed by atoms with Gasteiger partial charge in [0.05, 0.1) is 13.2 Å². The van der Waals surface area contributed by atoms with Gasteiger partial charge in [-0.15, -0.1) is 0 Å². The molecule has 2 rings (SSSR count). The molecule has 1 heterocycles. The summed E-state index contributed by atoms with van der Waals surface area (Å²) >= 11 is 0. The Kier molecular flexibility index (Phi) is 6.64. The van der Waals surface area contributed by atoms with Gasteiger partial charge in [-0.1, -0.05) is 0 Å². The molecule has 1 aliphatic rings. The third-order valence-electron chi connectivity index (χ3n) is 3.68. The average molecular weight is 307 g/mol. The molecule has 0 spiro atoms. The number of piperazine rings is 1. The van der Waals surface area contributed by atoms with Crippen molar-refractivity contribution in [3.63, 3.8) is 0 Å². The van der Waals surface area contributed by atoms with Gasteiger partial charge in [0.15, 0.2) is 0 Å². The summed E-state index contributed by atoms with van der Waals surface area (Å²) in [5, 5.41) is 2.82. The summed E-state index contributed by atoms with van der Waals surface area (Å²) in [6.07, 6.45) is 0. The fourth-order valence-electron chi connectivity index (χ4n) is 2.32. The van der Waals surface area contributed by atoms with E-state index in [2.05, 4.69) is 22.2 Å². The van der Waals surface area contributed by atoms with E-state index in [4.69, 9.17) is 9.47 Å². The topological polar surface area (TPSA) is 54.0 Å². The lowest BCUT2D eigenvalue weighted by atomic mass is 10.2. The standard InChI is InChI=1S/C16H25N3O3/c1-18-7-9-19(10-8-18)15-5-3-14(4-6-15)17-16(20)13-22-12-11-21-2/h3-6H,7-13H2,1-2H3,(H,17,20). The molecule has 0 unspecified atom stereocenters. The van der Waals surface area contributed by atoms with Crippen LogP contribution in [0.1, 0.15) is 0 Å². The number of amides is 1. The van der Waals surface area contributed by atoms with E-state index in [1.165, 1.54) is 5.69 Å². The molecule has 1 aromatic rings. The number of carbonyl (C=O) groups is 1. The van der Waals surface area contributed by atoms with E-state index in [1.807, 2.05) is 24.3 Å². The molecule has 6 nitrogen and oxygen atoms in total. The van der Waals surface area contributed by atoms with Crippen LogP contribution in [-0.2, 0) is 14.3 Å². The fraction of sp³-hybridized carbons (Fsp3) is 0.562. The largest absolute Gasteiger partial charge is 0.382 e. The van der Waals surface area contributed by atoms with Crippen molar-refractivity contribution in [1.29, 1.82) is 0 Å². The molecule has 122 valence electrons. The summed E-state index contributed by atoms with van der Waals surface area (Å²) < 4.78 is 10.0. The Bertz CT molecular complexity index is 456. The van der Waals surface area contributed by atoms with Gasteiger partial charge in [-0.3, -0.25) is 4.79 Å². The highest BCUT2D eigenvalue weighted by atomic mass is 16.5. The van der Waals surface area contributed by atoms with Gasteiger partial charge in [0.2, 0.25) is 5.91 Å². The minimum absolute atomic E-state index is 0.0452. The zero-order valence-electron chi connectivity index (χ0n) is 13.4. The summed E-state index contributed by atoms with van der Waals surface area (Å²) in [4.78, 5) is 16.4. The number of hydrogen-bond acceptors (Lipinski definition) is 5. The Morgan fingerprint density at radius 1 is 1.14 bits per heavy atom. The molecule has 1 aliphatic heterocycles. The van der Waals surface area contributed by atoms with Crippen LogP contribution >= 0.6 is 0 Å². The monoisotopic (exact) mass is 307 g/mol. The molecular weight excluding hydrogens is 282 g/mol. The van der Waals surface area contributed by atoms with Crippen molar-refractivity contribution in [2.75, 3.05) is 70.4 Å². The smallest absolute Gasteiger partial charge is 0.250 e. The zero-order valence-corrected chi connectivity index (χ0v) is 13.4. The highest BCUT2D eigenvalue weighted by Crippen LogP contribution is 2.19. The van der Waals surface area contributed by atoms with Gasteiger partial charge in [-0.25, -0.2) is 0 Å². The predicted octanol–water partition coefficient (Wildman–Crippen LogP) is 1.04. The predicted molar refractivity (Wildman–Crippen MR) is 87.5 cm³/mol. The first-order chi connectivity index (χ1) is 10.7. The van der Waals surface area contributed by atoms with Crippen LogP contribution in [0.3, 0.4) is 0 Å². The second-order valence-corrected chi connectivity index (χ2v) is 5.43. The molecule has 0 radical (unpaired) electrons. The highest BCUT2D eigenvalue weighted by Gasteiger charge is 2.14.